The smallest absolute Gasteiger partial charge is 0.338 e. The molecular weight excluding hydrogens is 440 g/mol. The average molecular weight is 461 g/mol. The normalized spacial score (nSPS) is 11.1. The number of nitrogens with zero attached hydrogens (tertiary/aromatic N) is 2. The summed E-state index contributed by atoms with van der Waals surface area (Å²) in [6.45, 7) is 1.29. The van der Waals surface area contributed by atoms with Gasteiger partial charge in [0.1, 0.15) is 12.4 Å². The Bertz CT molecular complexity index is 1220. The van der Waals surface area contributed by atoms with E-state index in [0.717, 1.165) is 6.26 Å². The van der Waals surface area contributed by atoms with Gasteiger partial charge in [-0.05, 0) is 30.3 Å². The topological polar surface area (TPSA) is 103 Å². The van der Waals surface area contributed by atoms with Crippen molar-refractivity contribution in [3.8, 4) is 5.75 Å². The van der Waals surface area contributed by atoms with E-state index in [1.54, 1.807) is 29.6 Å². The van der Waals surface area contributed by atoms with Crippen molar-refractivity contribution in [1.82, 2.24) is 4.98 Å². The molecule has 10 heteroatoms. The van der Waals surface area contributed by atoms with E-state index in [0.29, 0.717) is 22.3 Å². The van der Waals surface area contributed by atoms with Crippen LogP contribution in [0, 0.1) is 0 Å². The lowest BCUT2D eigenvalue weighted by atomic mass is 10.2. The maximum atomic E-state index is 12.3. The summed E-state index contributed by atoms with van der Waals surface area (Å²) >= 11 is 1.22. The van der Waals surface area contributed by atoms with Crippen molar-refractivity contribution in [1.29, 1.82) is 0 Å². The fraction of sp³-hybridized carbons (Fsp3) is 0.190. The Morgan fingerprint density at radius 3 is 2.55 bits per heavy atom. The van der Waals surface area contributed by atoms with Gasteiger partial charge in [-0.25, -0.2) is 18.2 Å². The number of para-hydroxylation sites is 2. The Morgan fingerprint density at radius 1 is 1.13 bits per heavy atom. The molecule has 0 spiro atoms. The van der Waals surface area contributed by atoms with E-state index in [-0.39, 0.29) is 23.0 Å². The molecule has 1 heterocycles. The molecule has 0 aliphatic carbocycles. The van der Waals surface area contributed by atoms with E-state index < -0.39 is 15.8 Å². The van der Waals surface area contributed by atoms with E-state index in [1.165, 1.54) is 54.5 Å². The van der Waals surface area contributed by atoms with Gasteiger partial charge in [0.2, 0.25) is 5.91 Å². The zero-order valence-corrected chi connectivity index (χ0v) is 18.7. The highest BCUT2D eigenvalue weighted by molar-refractivity contribution is 7.90. The third-order valence-electron chi connectivity index (χ3n) is 4.22. The molecule has 1 amide bonds. The second-order valence-electron chi connectivity index (χ2n) is 6.52. The van der Waals surface area contributed by atoms with Gasteiger partial charge in [0, 0.05) is 18.6 Å². The number of ether oxygens (including phenoxy) is 2. The van der Waals surface area contributed by atoms with Crippen LogP contribution in [0.15, 0.2) is 58.8 Å². The second-order valence-corrected chi connectivity index (χ2v) is 9.38. The third-order valence-corrected chi connectivity index (χ3v) is 6.21. The second kappa shape index (κ2) is 9.27. The van der Waals surface area contributed by atoms with Crippen molar-refractivity contribution in [2.75, 3.05) is 18.3 Å². The average Bonchev–Trinajstić information content (AvgIpc) is 3.20. The number of carbonyl (C=O) groups is 2. The van der Waals surface area contributed by atoms with Gasteiger partial charge in [-0.3, -0.25) is 9.69 Å². The largest absolute Gasteiger partial charge is 0.495 e. The number of hydrogen-bond donors (Lipinski definition) is 0. The fourth-order valence-corrected chi connectivity index (χ4v) is 4.29. The molecule has 0 saturated carbocycles. The summed E-state index contributed by atoms with van der Waals surface area (Å²) in [6.07, 6.45) is 1.07. The van der Waals surface area contributed by atoms with Gasteiger partial charge in [-0.1, -0.05) is 18.2 Å². The maximum Gasteiger partial charge on any atom is 0.338 e. The Morgan fingerprint density at radius 2 is 1.87 bits per heavy atom. The molecule has 1 aromatic heterocycles. The molecule has 0 aliphatic heterocycles. The first-order valence-electron chi connectivity index (χ1n) is 9.06. The Hall–Kier alpha value is -3.24. The van der Waals surface area contributed by atoms with E-state index in [4.69, 9.17) is 9.47 Å². The molecule has 3 rings (SSSR count). The van der Waals surface area contributed by atoms with Crippen LogP contribution in [-0.2, 0) is 26.0 Å². The van der Waals surface area contributed by atoms with Gasteiger partial charge in [0.25, 0.3) is 0 Å². The Balaban J connectivity index is 1.76. The summed E-state index contributed by atoms with van der Waals surface area (Å²) < 4.78 is 33.9. The minimum atomic E-state index is -3.44. The monoisotopic (exact) mass is 460 g/mol. The number of thiazole rings is 1. The zero-order valence-electron chi connectivity index (χ0n) is 17.1. The molecule has 8 nitrogen and oxygen atoms in total. The summed E-state index contributed by atoms with van der Waals surface area (Å²) in [6, 6.07) is 12.7. The minimum Gasteiger partial charge on any atom is -0.495 e. The van der Waals surface area contributed by atoms with Crippen LogP contribution in [-0.4, -0.2) is 38.6 Å². The molecule has 3 aromatic rings. The number of rotatable bonds is 7. The zero-order chi connectivity index (χ0) is 22.6. The lowest BCUT2D eigenvalue weighted by Crippen LogP contribution is -2.23. The van der Waals surface area contributed by atoms with Crippen LogP contribution in [0.1, 0.15) is 23.0 Å². The first-order chi connectivity index (χ1) is 14.7. The molecule has 0 aliphatic rings. The van der Waals surface area contributed by atoms with Crippen LogP contribution in [0.5, 0.6) is 5.75 Å². The standard InChI is InChI=1S/C21H20N2O6S2/c1-14(24)23(18-9-4-5-10-19(18)28-2)21-22-16(13-30-21)12-29-20(25)15-7-6-8-17(11-15)31(3,26)27/h4-11,13H,12H2,1-3H3. The van der Waals surface area contributed by atoms with Gasteiger partial charge in [-0.15, -0.1) is 11.3 Å². The van der Waals surface area contributed by atoms with Gasteiger partial charge < -0.3 is 9.47 Å². The number of esters is 1. The van der Waals surface area contributed by atoms with Crippen molar-refractivity contribution < 1.29 is 27.5 Å². The molecule has 0 radical (unpaired) electrons. The number of amides is 1. The number of hydrogen-bond acceptors (Lipinski definition) is 8. The molecule has 0 bridgehead atoms. The number of aromatic nitrogens is 1. The quantitative estimate of drug-likeness (QED) is 0.496. The Kier molecular flexibility index (Phi) is 6.71. The van der Waals surface area contributed by atoms with Crippen molar-refractivity contribution in [2.45, 2.75) is 18.4 Å². The van der Waals surface area contributed by atoms with E-state index in [1.807, 2.05) is 0 Å². The molecule has 162 valence electrons. The van der Waals surface area contributed by atoms with Crippen molar-refractivity contribution >= 4 is 43.9 Å². The van der Waals surface area contributed by atoms with Crippen LogP contribution < -0.4 is 9.64 Å². The van der Waals surface area contributed by atoms with Crippen LogP contribution in [0.4, 0.5) is 10.8 Å². The number of sulfone groups is 1. The van der Waals surface area contributed by atoms with Crippen LogP contribution >= 0.6 is 11.3 Å². The number of methoxy groups -OCH3 is 1. The summed E-state index contributed by atoms with van der Waals surface area (Å²) in [4.78, 5) is 30.5. The first-order valence-corrected chi connectivity index (χ1v) is 11.8. The highest BCUT2D eigenvalue weighted by atomic mass is 32.2. The van der Waals surface area contributed by atoms with Crippen LogP contribution in [0.25, 0.3) is 0 Å². The number of anilines is 2. The van der Waals surface area contributed by atoms with E-state index in [9.17, 15) is 18.0 Å². The summed E-state index contributed by atoms with van der Waals surface area (Å²) in [7, 11) is -1.92. The SMILES string of the molecule is COc1ccccc1N(C(C)=O)c1nc(COC(=O)c2cccc(S(C)(=O)=O)c2)cs1. The van der Waals surface area contributed by atoms with Crippen LogP contribution in [0.2, 0.25) is 0 Å². The molecule has 0 N–H and O–H groups in total. The molecule has 0 unspecified atom stereocenters. The molecule has 0 atom stereocenters. The van der Waals surface area contributed by atoms with E-state index in [2.05, 4.69) is 4.98 Å². The lowest BCUT2D eigenvalue weighted by molar-refractivity contribution is -0.115. The molecule has 0 saturated heterocycles. The minimum absolute atomic E-state index is 0.0341. The van der Waals surface area contributed by atoms with E-state index >= 15 is 0 Å². The van der Waals surface area contributed by atoms with Crippen molar-refractivity contribution in [3.05, 3.63) is 65.2 Å². The highest BCUT2D eigenvalue weighted by Crippen LogP contribution is 2.35. The third kappa shape index (κ3) is 5.28. The van der Waals surface area contributed by atoms with Gasteiger partial charge in [-0.2, -0.15) is 0 Å². The fourth-order valence-electron chi connectivity index (χ4n) is 2.76. The first kappa shape index (κ1) is 22.4. The molecular formula is C21H20N2O6S2. The van der Waals surface area contributed by atoms with Crippen molar-refractivity contribution in [3.63, 3.8) is 0 Å². The molecule has 31 heavy (non-hydrogen) atoms. The number of benzene rings is 2. The van der Waals surface area contributed by atoms with Crippen LogP contribution in [0.3, 0.4) is 0 Å². The molecule has 2 aromatic carbocycles. The predicted octanol–water partition coefficient (Wildman–Crippen LogP) is 3.60. The van der Waals surface area contributed by atoms with Crippen molar-refractivity contribution in [2.24, 2.45) is 0 Å². The van der Waals surface area contributed by atoms with Gasteiger partial charge in [0.05, 0.1) is 29.0 Å². The predicted molar refractivity (Wildman–Crippen MR) is 117 cm³/mol. The maximum absolute atomic E-state index is 12.3. The highest BCUT2D eigenvalue weighted by Gasteiger charge is 2.21. The number of carbonyl (C=O) groups excluding carboxylic acids is 2. The van der Waals surface area contributed by atoms with Gasteiger partial charge >= 0.3 is 5.97 Å². The van der Waals surface area contributed by atoms with Gasteiger partial charge in [0.15, 0.2) is 15.0 Å². The summed E-state index contributed by atoms with van der Waals surface area (Å²) in [5, 5.41) is 2.09. The summed E-state index contributed by atoms with van der Waals surface area (Å²) in [5.41, 5.74) is 1.12. The summed E-state index contributed by atoms with van der Waals surface area (Å²) in [5.74, 6) is -0.403. The molecule has 0 fully saturated rings. The lowest BCUT2D eigenvalue weighted by Gasteiger charge is -2.20. The Labute approximate surface area is 184 Å².